The number of fused-ring (bicyclic) bond motifs is 2. The summed E-state index contributed by atoms with van der Waals surface area (Å²) in [5.74, 6) is 0.121. The van der Waals surface area contributed by atoms with E-state index < -0.39 is 11.5 Å². The normalized spacial score (nSPS) is 28.4. The third-order valence-electron chi connectivity index (χ3n) is 8.74. The lowest BCUT2D eigenvalue weighted by Gasteiger charge is -2.58. The van der Waals surface area contributed by atoms with Crippen molar-refractivity contribution in [2.45, 2.75) is 51.6 Å². The van der Waals surface area contributed by atoms with Gasteiger partial charge in [-0.05, 0) is 69.0 Å². The molecule has 0 radical (unpaired) electrons. The van der Waals surface area contributed by atoms with Crippen LogP contribution in [0.2, 0.25) is 0 Å². The van der Waals surface area contributed by atoms with Crippen LogP contribution in [0.4, 0.5) is 5.13 Å². The van der Waals surface area contributed by atoms with E-state index in [9.17, 15) is 19.8 Å². The molecule has 1 fully saturated rings. The average Bonchev–Trinajstić information content (AvgIpc) is 3.29. The highest BCUT2D eigenvalue weighted by Crippen LogP contribution is 2.62. The van der Waals surface area contributed by atoms with Crippen molar-refractivity contribution < 1.29 is 24.5 Å². The van der Waals surface area contributed by atoms with Crippen LogP contribution in [0.15, 0.2) is 24.3 Å². The number of hydrogen-bond donors (Lipinski definition) is 4. The molecule has 4 rings (SSSR count). The Kier molecular flexibility index (Phi) is 8.46. The summed E-state index contributed by atoms with van der Waals surface area (Å²) in [6, 6.07) is 6.87. The second-order valence-electron chi connectivity index (χ2n) is 11.4. The minimum absolute atomic E-state index is 0.0404. The molecule has 2 amide bonds. The molecule has 208 valence electrons. The summed E-state index contributed by atoms with van der Waals surface area (Å²) in [5, 5.41) is 27.8. The quantitative estimate of drug-likeness (QED) is 0.383. The van der Waals surface area contributed by atoms with Gasteiger partial charge in [0, 0.05) is 41.3 Å². The molecule has 5 atom stereocenters. The number of aromatic nitrogens is 1. The topological polar surface area (TPSA) is 124 Å². The Morgan fingerprint density at radius 3 is 2.58 bits per heavy atom. The van der Waals surface area contributed by atoms with Crippen molar-refractivity contribution in [1.29, 1.82) is 0 Å². The van der Waals surface area contributed by atoms with Crippen molar-refractivity contribution in [1.82, 2.24) is 15.2 Å². The van der Waals surface area contributed by atoms with Gasteiger partial charge in [0.15, 0.2) is 5.13 Å². The van der Waals surface area contributed by atoms with E-state index in [4.69, 9.17) is 9.72 Å². The Morgan fingerprint density at radius 2 is 1.95 bits per heavy atom. The number of nitrogens with zero attached hydrogens (tertiary/aromatic N) is 2. The third kappa shape index (κ3) is 5.45. The largest absolute Gasteiger partial charge is 0.497 e. The lowest BCUT2D eigenvalue weighted by atomic mass is 9.47. The van der Waals surface area contributed by atoms with Gasteiger partial charge in [0.1, 0.15) is 5.75 Å². The number of carbonyl (C=O) groups excluding carboxylic acids is 2. The van der Waals surface area contributed by atoms with Crippen molar-refractivity contribution in [2.24, 2.45) is 16.7 Å². The molecule has 1 saturated carbocycles. The van der Waals surface area contributed by atoms with Gasteiger partial charge in [0.2, 0.25) is 5.91 Å². The number of anilines is 1. The summed E-state index contributed by atoms with van der Waals surface area (Å²) in [6.07, 6.45) is 1.57. The molecular formula is C28H40N4O5S. The minimum atomic E-state index is -0.694. The highest BCUT2D eigenvalue weighted by atomic mass is 32.1. The zero-order valence-corrected chi connectivity index (χ0v) is 23.7. The first-order valence-electron chi connectivity index (χ1n) is 13.2. The van der Waals surface area contributed by atoms with Gasteiger partial charge in [-0.15, -0.1) is 11.3 Å². The van der Waals surface area contributed by atoms with Crippen LogP contribution in [-0.4, -0.2) is 78.9 Å². The van der Waals surface area contributed by atoms with Crippen LogP contribution in [0.25, 0.3) is 0 Å². The van der Waals surface area contributed by atoms with Crippen molar-refractivity contribution in [3.63, 3.8) is 0 Å². The number of benzene rings is 1. The Bertz CT molecular complexity index is 1150. The highest BCUT2D eigenvalue weighted by Gasteiger charge is 2.59. The van der Waals surface area contributed by atoms with E-state index in [0.717, 1.165) is 23.5 Å². The van der Waals surface area contributed by atoms with Gasteiger partial charge in [-0.3, -0.25) is 14.9 Å². The maximum absolute atomic E-state index is 13.1. The van der Waals surface area contributed by atoms with E-state index in [0.29, 0.717) is 35.8 Å². The predicted octanol–water partition coefficient (Wildman–Crippen LogP) is 2.89. The molecule has 1 aromatic heterocycles. The fourth-order valence-corrected chi connectivity index (χ4v) is 7.35. The average molecular weight is 545 g/mol. The summed E-state index contributed by atoms with van der Waals surface area (Å²) in [5.41, 5.74) is 0.306. The molecule has 0 bridgehead atoms. The lowest BCUT2D eigenvalue weighted by molar-refractivity contribution is -0.144. The fourth-order valence-electron chi connectivity index (χ4n) is 6.29. The molecule has 38 heavy (non-hydrogen) atoms. The Hall–Kier alpha value is -2.53. The number of ether oxygens (including phenoxy) is 1. The number of rotatable bonds is 9. The Balaban J connectivity index is 1.64. The molecule has 2 aliphatic rings. The van der Waals surface area contributed by atoms with Crippen LogP contribution in [-0.2, 0) is 11.2 Å². The van der Waals surface area contributed by atoms with E-state index in [1.807, 2.05) is 25.9 Å². The smallest absolute Gasteiger partial charge is 0.257 e. The molecule has 0 spiro atoms. The first-order valence-corrected chi connectivity index (χ1v) is 14.0. The summed E-state index contributed by atoms with van der Waals surface area (Å²) in [6.45, 7) is 5.29. The Morgan fingerprint density at radius 1 is 1.24 bits per heavy atom. The number of amides is 2. The molecule has 9 nitrogen and oxygen atoms in total. The van der Waals surface area contributed by atoms with Crippen molar-refractivity contribution >= 4 is 28.3 Å². The number of carbonyl (C=O) groups is 2. The van der Waals surface area contributed by atoms with Crippen LogP contribution < -0.4 is 15.4 Å². The van der Waals surface area contributed by atoms with Crippen molar-refractivity contribution in [3.05, 3.63) is 40.4 Å². The maximum atomic E-state index is 13.1. The van der Waals surface area contributed by atoms with Gasteiger partial charge in [0.25, 0.3) is 5.91 Å². The van der Waals surface area contributed by atoms with E-state index in [1.165, 1.54) is 11.3 Å². The maximum Gasteiger partial charge on any atom is 0.257 e. The summed E-state index contributed by atoms with van der Waals surface area (Å²) in [4.78, 5) is 33.9. The number of hydrogen-bond acceptors (Lipinski definition) is 8. The van der Waals surface area contributed by atoms with Crippen LogP contribution >= 0.6 is 11.3 Å². The number of methoxy groups -OCH3 is 1. The van der Waals surface area contributed by atoms with Crippen LogP contribution in [0, 0.1) is 16.7 Å². The number of aliphatic hydroxyl groups excluding tert-OH is 2. The monoisotopic (exact) mass is 544 g/mol. The van der Waals surface area contributed by atoms with Gasteiger partial charge < -0.3 is 25.2 Å². The third-order valence-corrected chi connectivity index (χ3v) is 9.75. The van der Waals surface area contributed by atoms with Gasteiger partial charge in [-0.2, -0.15) is 0 Å². The predicted molar refractivity (Wildman–Crippen MR) is 148 cm³/mol. The minimum Gasteiger partial charge on any atom is -0.497 e. The van der Waals surface area contributed by atoms with Gasteiger partial charge in [0.05, 0.1) is 25.5 Å². The van der Waals surface area contributed by atoms with Crippen LogP contribution in [0.3, 0.4) is 0 Å². The first-order chi connectivity index (χ1) is 18.0. The first kappa shape index (κ1) is 28.5. The summed E-state index contributed by atoms with van der Waals surface area (Å²) in [7, 11) is 5.50. The molecule has 2 aromatic rings. The van der Waals surface area contributed by atoms with E-state index in [1.54, 1.807) is 31.4 Å². The van der Waals surface area contributed by atoms with Gasteiger partial charge in [-0.1, -0.05) is 13.8 Å². The SMILES string of the molecule is COc1ccc(C(=O)Nc2nc3c(s2)C[C@@H]2[C@](C)(CO)[C@H](O)CC[C@@]2(C)[C@@H]3CC(=O)NCCN(C)C)cc1. The number of likely N-dealkylation sites (N-methyl/N-ethyl adjacent to an activating group) is 1. The molecule has 1 aromatic carbocycles. The summed E-state index contributed by atoms with van der Waals surface area (Å²) >= 11 is 1.42. The van der Waals surface area contributed by atoms with Crippen molar-refractivity contribution in [2.75, 3.05) is 46.2 Å². The second-order valence-corrected chi connectivity index (χ2v) is 12.5. The molecule has 0 saturated heterocycles. The van der Waals surface area contributed by atoms with Gasteiger partial charge in [-0.25, -0.2) is 4.98 Å². The second kappa shape index (κ2) is 11.3. The van der Waals surface area contributed by atoms with E-state index in [-0.39, 0.29) is 42.1 Å². The standard InChI is InChI=1S/C28H40N4O5S/c1-27-11-10-22(34)28(2,16-33)21(27)15-20-24(19(27)14-23(35)29-12-13-32(3)4)30-26(38-20)31-25(36)17-6-8-18(37-5)9-7-17/h6-9,19,21-22,33-34H,10-16H2,1-5H3,(H,29,35)(H,30,31,36)/t19-,21+,22-,27+,28+/m1/s1. The lowest BCUT2D eigenvalue weighted by Crippen LogP contribution is -2.57. The molecule has 0 aliphatic heterocycles. The zero-order chi connectivity index (χ0) is 27.7. The molecule has 10 heteroatoms. The highest BCUT2D eigenvalue weighted by molar-refractivity contribution is 7.15. The molecule has 4 N–H and O–H groups in total. The Labute approximate surface area is 228 Å². The van der Waals surface area contributed by atoms with Gasteiger partial charge >= 0.3 is 0 Å². The van der Waals surface area contributed by atoms with Crippen LogP contribution in [0.1, 0.15) is 60.0 Å². The zero-order valence-electron chi connectivity index (χ0n) is 22.9. The molecule has 0 unspecified atom stereocenters. The summed E-state index contributed by atoms with van der Waals surface area (Å²) < 4.78 is 5.18. The van der Waals surface area contributed by atoms with E-state index >= 15 is 0 Å². The molecule has 2 aliphatic carbocycles. The van der Waals surface area contributed by atoms with E-state index in [2.05, 4.69) is 17.6 Å². The molecule has 1 heterocycles. The number of aliphatic hydroxyl groups is 2. The number of nitrogens with one attached hydrogen (secondary N) is 2. The molecular weight excluding hydrogens is 504 g/mol. The van der Waals surface area contributed by atoms with Crippen LogP contribution in [0.5, 0.6) is 5.75 Å². The van der Waals surface area contributed by atoms with Crippen molar-refractivity contribution in [3.8, 4) is 5.75 Å². The fraction of sp³-hybridized carbons (Fsp3) is 0.607. The number of thiazole rings is 1.